The SMILES string of the molecule is CCN(CCCn1c(=O)[nH]c2ccccc21)C1CCNC1. The van der Waals surface area contributed by atoms with Crippen LogP contribution in [0, 0.1) is 0 Å². The second kappa shape index (κ2) is 6.45. The number of fused-ring (bicyclic) bond motifs is 1. The lowest BCUT2D eigenvalue weighted by Gasteiger charge is -2.26. The Labute approximate surface area is 125 Å². The molecule has 0 aliphatic carbocycles. The van der Waals surface area contributed by atoms with Gasteiger partial charge in [-0.3, -0.25) is 9.47 Å². The predicted molar refractivity (Wildman–Crippen MR) is 85.7 cm³/mol. The molecule has 2 heterocycles. The standard InChI is InChI=1S/C16H24N4O/c1-2-19(13-8-9-17-12-13)10-5-11-20-15-7-4-3-6-14(15)18-16(20)21/h3-4,6-7,13,17H,2,5,8-12H2,1H3,(H,18,21). The van der Waals surface area contributed by atoms with E-state index in [0.717, 1.165) is 50.2 Å². The van der Waals surface area contributed by atoms with E-state index in [1.54, 1.807) is 0 Å². The fourth-order valence-corrected chi connectivity index (χ4v) is 3.31. The molecule has 1 saturated heterocycles. The van der Waals surface area contributed by atoms with Crippen molar-refractivity contribution < 1.29 is 0 Å². The van der Waals surface area contributed by atoms with Gasteiger partial charge in [0, 0.05) is 25.7 Å². The van der Waals surface area contributed by atoms with Crippen LogP contribution in [0.3, 0.4) is 0 Å². The Morgan fingerprint density at radius 1 is 1.38 bits per heavy atom. The van der Waals surface area contributed by atoms with Gasteiger partial charge in [0.25, 0.3) is 0 Å². The lowest BCUT2D eigenvalue weighted by molar-refractivity contribution is 0.213. The van der Waals surface area contributed by atoms with E-state index in [4.69, 9.17) is 0 Å². The zero-order chi connectivity index (χ0) is 14.7. The number of aromatic amines is 1. The molecule has 1 aromatic heterocycles. The summed E-state index contributed by atoms with van der Waals surface area (Å²) in [6.45, 7) is 7.35. The van der Waals surface area contributed by atoms with Crippen LogP contribution in [0.5, 0.6) is 0 Å². The summed E-state index contributed by atoms with van der Waals surface area (Å²) in [4.78, 5) is 17.5. The van der Waals surface area contributed by atoms with Gasteiger partial charge in [0.15, 0.2) is 0 Å². The van der Waals surface area contributed by atoms with Crippen LogP contribution >= 0.6 is 0 Å². The van der Waals surface area contributed by atoms with Crippen LogP contribution in [0.2, 0.25) is 0 Å². The van der Waals surface area contributed by atoms with Gasteiger partial charge in [-0.25, -0.2) is 4.79 Å². The van der Waals surface area contributed by atoms with Crippen molar-refractivity contribution in [3.63, 3.8) is 0 Å². The van der Waals surface area contributed by atoms with E-state index in [0.29, 0.717) is 6.04 Å². The molecule has 5 nitrogen and oxygen atoms in total. The van der Waals surface area contributed by atoms with Gasteiger partial charge in [0.05, 0.1) is 11.0 Å². The first-order valence-corrected chi connectivity index (χ1v) is 7.92. The molecule has 0 spiro atoms. The maximum Gasteiger partial charge on any atom is 0.326 e. The van der Waals surface area contributed by atoms with Crippen molar-refractivity contribution in [2.45, 2.75) is 32.4 Å². The number of benzene rings is 1. The van der Waals surface area contributed by atoms with Crippen molar-refractivity contribution in [1.29, 1.82) is 0 Å². The highest BCUT2D eigenvalue weighted by Crippen LogP contribution is 2.11. The summed E-state index contributed by atoms with van der Waals surface area (Å²) in [5, 5.41) is 3.42. The maximum atomic E-state index is 12.0. The van der Waals surface area contributed by atoms with Crippen molar-refractivity contribution in [3.05, 3.63) is 34.7 Å². The molecule has 2 aromatic rings. The zero-order valence-electron chi connectivity index (χ0n) is 12.6. The van der Waals surface area contributed by atoms with E-state index in [2.05, 4.69) is 22.1 Å². The quantitative estimate of drug-likeness (QED) is 0.845. The third-order valence-electron chi connectivity index (χ3n) is 4.47. The minimum absolute atomic E-state index is 0.00165. The first-order chi connectivity index (χ1) is 10.3. The molecule has 1 fully saturated rings. The van der Waals surface area contributed by atoms with Crippen LogP contribution in [0.4, 0.5) is 0 Å². The molecule has 2 N–H and O–H groups in total. The van der Waals surface area contributed by atoms with E-state index in [1.807, 2.05) is 28.8 Å². The molecule has 1 atom stereocenters. The Balaban J connectivity index is 1.63. The van der Waals surface area contributed by atoms with Crippen LogP contribution < -0.4 is 11.0 Å². The number of para-hydroxylation sites is 2. The molecule has 0 amide bonds. The summed E-state index contributed by atoms with van der Waals surface area (Å²) in [6, 6.07) is 8.56. The molecule has 0 radical (unpaired) electrons. The van der Waals surface area contributed by atoms with Gasteiger partial charge < -0.3 is 10.3 Å². The minimum atomic E-state index is 0.00165. The van der Waals surface area contributed by atoms with E-state index in [-0.39, 0.29) is 5.69 Å². The Hall–Kier alpha value is -1.59. The highest BCUT2D eigenvalue weighted by molar-refractivity contribution is 5.74. The van der Waals surface area contributed by atoms with Crippen molar-refractivity contribution in [3.8, 4) is 0 Å². The fraction of sp³-hybridized carbons (Fsp3) is 0.562. The number of nitrogens with one attached hydrogen (secondary N) is 2. The van der Waals surface area contributed by atoms with Crippen LogP contribution in [0.1, 0.15) is 19.8 Å². The van der Waals surface area contributed by atoms with E-state index < -0.39 is 0 Å². The number of likely N-dealkylation sites (N-methyl/N-ethyl adjacent to an activating group) is 1. The minimum Gasteiger partial charge on any atom is -0.315 e. The predicted octanol–water partition coefficient (Wildman–Crippen LogP) is 1.40. The molecule has 1 aliphatic heterocycles. The number of H-pyrrole nitrogens is 1. The van der Waals surface area contributed by atoms with Crippen molar-refractivity contribution >= 4 is 11.0 Å². The average molecular weight is 288 g/mol. The lowest BCUT2D eigenvalue weighted by atomic mass is 10.2. The number of nitrogens with zero attached hydrogens (tertiary/aromatic N) is 2. The third kappa shape index (κ3) is 3.04. The molecule has 1 unspecified atom stereocenters. The van der Waals surface area contributed by atoms with Crippen LogP contribution in [-0.4, -0.2) is 46.7 Å². The van der Waals surface area contributed by atoms with E-state index >= 15 is 0 Å². The Morgan fingerprint density at radius 3 is 3.00 bits per heavy atom. The van der Waals surface area contributed by atoms with Crippen LogP contribution in [0.25, 0.3) is 11.0 Å². The Morgan fingerprint density at radius 2 is 2.24 bits per heavy atom. The highest BCUT2D eigenvalue weighted by Gasteiger charge is 2.20. The molecule has 0 saturated carbocycles. The van der Waals surface area contributed by atoms with Crippen molar-refractivity contribution in [2.75, 3.05) is 26.2 Å². The summed E-state index contributed by atoms with van der Waals surface area (Å²) in [5.74, 6) is 0. The van der Waals surface area contributed by atoms with Gasteiger partial charge in [-0.15, -0.1) is 0 Å². The summed E-state index contributed by atoms with van der Waals surface area (Å²) < 4.78 is 1.86. The molecular weight excluding hydrogens is 264 g/mol. The summed E-state index contributed by atoms with van der Waals surface area (Å²) in [7, 11) is 0. The molecule has 3 rings (SSSR count). The van der Waals surface area contributed by atoms with Crippen LogP contribution in [-0.2, 0) is 6.54 Å². The van der Waals surface area contributed by atoms with Gasteiger partial charge in [-0.2, -0.15) is 0 Å². The van der Waals surface area contributed by atoms with Crippen LogP contribution in [0.15, 0.2) is 29.1 Å². The highest BCUT2D eigenvalue weighted by atomic mass is 16.1. The fourth-order valence-electron chi connectivity index (χ4n) is 3.31. The van der Waals surface area contributed by atoms with Gasteiger partial charge in [-0.1, -0.05) is 19.1 Å². The van der Waals surface area contributed by atoms with Crippen molar-refractivity contribution in [1.82, 2.24) is 19.8 Å². The van der Waals surface area contributed by atoms with Gasteiger partial charge in [0.1, 0.15) is 0 Å². The van der Waals surface area contributed by atoms with E-state index in [1.165, 1.54) is 6.42 Å². The number of hydrogen-bond acceptors (Lipinski definition) is 3. The molecule has 5 heteroatoms. The summed E-state index contributed by atoms with van der Waals surface area (Å²) >= 11 is 0. The second-order valence-electron chi connectivity index (χ2n) is 5.73. The Bertz CT molecular complexity index is 639. The Kier molecular flexibility index (Phi) is 4.41. The molecule has 0 bridgehead atoms. The first-order valence-electron chi connectivity index (χ1n) is 7.92. The maximum absolute atomic E-state index is 12.0. The number of hydrogen-bond donors (Lipinski definition) is 2. The smallest absolute Gasteiger partial charge is 0.315 e. The largest absolute Gasteiger partial charge is 0.326 e. The summed E-state index contributed by atoms with van der Waals surface area (Å²) in [6.07, 6.45) is 2.24. The zero-order valence-corrected chi connectivity index (χ0v) is 12.6. The molecule has 21 heavy (non-hydrogen) atoms. The molecular formula is C16H24N4O. The monoisotopic (exact) mass is 288 g/mol. The normalized spacial score (nSPS) is 18.9. The molecule has 114 valence electrons. The number of aryl methyl sites for hydroxylation is 1. The topological polar surface area (TPSA) is 53.1 Å². The van der Waals surface area contributed by atoms with Crippen molar-refractivity contribution in [2.24, 2.45) is 0 Å². The van der Waals surface area contributed by atoms with Gasteiger partial charge in [0.2, 0.25) is 0 Å². The number of rotatable bonds is 6. The second-order valence-corrected chi connectivity index (χ2v) is 5.73. The third-order valence-corrected chi connectivity index (χ3v) is 4.47. The molecule has 1 aliphatic rings. The number of aromatic nitrogens is 2. The summed E-state index contributed by atoms with van der Waals surface area (Å²) in [5.41, 5.74) is 1.93. The average Bonchev–Trinajstić information content (AvgIpc) is 3.12. The van der Waals surface area contributed by atoms with Gasteiger partial charge >= 0.3 is 5.69 Å². The van der Waals surface area contributed by atoms with E-state index in [9.17, 15) is 4.79 Å². The number of imidazole rings is 1. The first kappa shape index (κ1) is 14.4. The molecule has 1 aromatic carbocycles. The van der Waals surface area contributed by atoms with Gasteiger partial charge in [-0.05, 0) is 38.1 Å². The lowest BCUT2D eigenvalue weighted by Crippen LogP contribution is -2.37.